The van der Waals surface area contributed by atoms with Crippen LogP contribution in [-0.2, 0) is 4.79 Å². The topological polar surface area (TPSA) is 96.2 Å². The molecule has 5 N–H and O–H groups in total. The van der Waals surface area contributed by atoms with Gasteiger partial charge in [-0.3, -0.25) is 4.79 Å². The molecule has 126 valence electrons. The summed E-state index contributed by atoms with van der Waals surface area (Å²) < 4.78 is 0. The highest BCUT2D eigenvalue weighted by molar-refractivity contribution is 5.92. The molecule has 0 bridgehead atoms. The Labute approximate surface area is 141 Å². The van der Waals surface area contributed by atoms with Gasteiger partial charge < -0.3 is 21.7 Å². The maximum atomic E-state index is 12.0. The van der Waals surface area contributed by atoms with Gasteiger partial charge in [0.25, 0.3) is 0 Å². The minimum absolute atomic E-state index is 0.0810. The van der Waals surface area contributed by atoms with Crippen LogP contribution in [0.25, 0.3) is 0 Å². The molecular weight excluding hydrogens is 304 g/mol. The molecule has 0 aliphatic rings. The quantitative estimate of drug-likeness (QED) is 0.656. The van der Waals surface area contributed by atoms with Crippen molar-refractivity contribution in [2.24, 2.45) is 5.73 Å². The summed E-state index contributed by atoms with van der Waals surface area (Å²) in [6, 6.07) is 12.4. The lowest BCUT2D eigenvalue weighted by molar-refractivity contribution is -0.115. The van der Waals surface area contributed by atoms with Crippen molar-refractivity contribution in [2.75, 3.05) is 22.5 Å². The summed E-state index contributed by atoms with van der Waals surface area (Å²) in [5, 5.41) is 8.52. The summed E-state index contributed by atoms with van der Waals surface area (Å²) in [4.78, 5) is 22.7. The van der Waals surface area contributed by atoms with E-state index in [1.54, 1.807) is 24.3 Å². The van der Waals surface area contributed by atoms with Gasteiger partial charge in [-0.05, 0) is 61.4 Å². The normalized spacial score (nSPS) is 10.1. The first-order valence-electron chi connectivity index (χ1n) is 7.71. The van der Waals surface area contributed by atoms with Gasteiger partial charge in [0, 0.05) is 30.0 Å². The summed E-state index contributed by atoms with van der Waals surface area (Å²) in [5.41, 5.74) is 9.68. The average molecular weight is 326 g/mol. The van der Waals surface area contributed by atoms with Gasteiger partial charge in [-0.15, -0.1) is 0 Å². The van der Waals surface area contributed by atoms with Crippen molar-refractivity contribution < 1.29 is 9.59 Å². The molecular formula is C18H22N4O2. The van der Waals surface area contributed by atoms with Crippen LogP contribution in [0.15, 0.2) is 42.5 Å². The van der Waals surface area contributed by atoms with Gasteiger partial charge in [0.15, 0.2) is 0 Å². The highest BCUT2D eigenvalue weighted by Gasteiger charge is 2.03. The van der Waals surface area contributed by atoms with Gasteiger partial charge in [-0.25, -0.2) is 4.79 Å². The molecule has 0 unspecified atom stereocenters. The summed E-state index contributed by atoms with van der Waals surface area (Å²) in [7, 11) is 0. The van der Waals surface area contributed by atoms with Gasteiger partial charge in [-0.1, -0.05) is 6.07 Å². The van der Waals surface area contributed by atoms with E-state index in [1.165, 1.54) is 11.1 Å². The SMILES string of the molecule is Cc1cc(C)cc(NCCC(=O)Nc2ccc(NC(N)=O)cc2)c1. The number of hydrogen-bond donors (Lipinski definition) is 4. The monoisotopic (exact) mass is 326 g/mol. The lowest BCUT2D eigenvalue weighted by Crippen LogP contribution is -2.19. The first-order chi connectivity index (χ1) is 11.4. The van der Waals surface area contributed by atoms with Crippen LogP contribution in [0.4, 0.5) is 21.9 Å². The van der Waals surface area contributed by atoms with Crippen LogP contribution in [0.5, 0.6) is 0 Å². The third-order valence-corrected chi connectivity index (χ3v) is 3.34. The molecule has 0 heterocycles. The van der Waals surface area contributed by atoms with Crippen molar-refractivity contribution in [3.05, 3.63) is 53.6 Å². The minimum atomic E-state index is -0.621. The first-order valence-corrected chi connectivity index (χ1v) is 7.71. The zero-order valence-corrected chi connectivity index (χ0v) is 13.8. The zero-order valence-electron chi connectivity index (χ0n) is 13.8. The molecule has 2 rings (SSSR count). The molecule has 0 atom stereocenters. The molecule has 0 fully saturated rings. The van der Waals surface area contributed by atoms with E-state index in [2.05, 4.69) is 34.1 Å². The Kier molecular flexibility index (Phi) is 5.78. The lowest BCUT2D eigenvalue weighted by atomic mass is 10.1. The molecule has 24 heavy (non-hydrogen) atoms. The highest BCUT2D eigenvalue weighted by Crippen LogP contribution is 2.15. The van der Waals surface area contributed by atoms with E-state index in [9.17, 15) is 9.59 Å². The van der Waals surface area contributed by atoms with E-state index in [1.807, 2.05) is 13.8 Å². The summed E-state index contributed by atoms with van der Waals surface area (Å²) in [5.74, 6) is -0.0810. The molecule has 0 radical (unpaired) electrons. The summed E-state index contributed by atoms with van der Waals surface area (Å²) in [6.45, 7) is 4.64. The van der Waals surface area contributed by atoms with Crippen LogP contribution in [0.2, 0.25) is 0 Å². The van der Waals surface area contributed by atoms with Crippen LogP contribution in [0.1, 0.15) is 17.5 Å². The van der Waals surface area contributed by atoms with Gasteiger partial charge >= 0.3 is 6.03 Å². The third-order valence-electron chi connectivity index (χ3n) is 3.34. The van der Waals surface area contributed by atoms with E-state index in [4.69, 9.17) is 5.73 Å². The van der Waals surface area contributed by atoms with Crippen LogP contribution in [0.3, 0.4) is 0 Å². The Morgan fingerprint density at radius 3 is 1.96 bits per heavy atom. The second kappa shape index (κ2) is 8.01. The number of aryl methyl sites for hydroxylation is 2. The smallest absolute Gasteiger partial charge is 0.316 e. The molecule has 0 aromatic heterocycles. The van der Waals surface area contributed by atoms with Crippen molar-refractivity contribution in [1.82, 2.24) is 0 Å². The Bertz CT molecular complexity index is 706. The van der Waals surface area contributed by atoms with Gasteiger partial charge in [0.1, 0.15) is 0 Å². The molecule has 0 saturated carbocycles. The van der Waals surface area contributed by atoms with Crippen molar-refractivity contribution in [1.29, 1.82) is 0 Å². The van der Waals surface area contributed by atoms with Gasteiger partial charge in [0.2, 0.25) is 5.91 Å². The molecule has 0 spiro atoms. The minimum Gasteiger partial charge on any atom is -0.385 e. The summed E-state index contributed by atoms with van der Waals surface area (Å²) in [6.07, 6.45) is 0.355. The van der Waals surface area contributed by atoms with Gasteiger partial charge in [0.05, 0.1) is 0 Å². The van der Waals surface area contributed by atoms with Crippen LogP contribution in [-0.4, -0.2) is 18.5 Å². The van der Waals surface area contributed by atoms with E-state index >= 15 is 0 Å². The van der Waals surface area contributed by atoms with Crippen LogP contribution in [0, 0.1) is 13.8 Å². The fourth-order valence-electron chi connectivity index (χ4n) is 2.40. The Morgan fingerprint density at radius 1 is 0.875 bits per heavy atom. The number of hydrogen-bond acceptors (Lipinski definition) is 3. The Balaban J connectivity index is 1.79. The third kappa shape index (κ3) is 5.64. The molecule has 0 aliphatic heterocycles. The number of carbonyl (C=O) groups is 2. The molecule has 0 aliphatic carbocycles. The average Bonchev–Trinajstić information content (AvgIpc) is 2.48. The number of benzene rings is 2. The van der Waals surface area contributed by atoms with E-state index in [-0.39, 0.29) is 5.91 Å². The highest BCUT2D eigenvalue weighted by atomic mass is 16.2. The second-order valence-corrected chi connectivity index (χ2v) is 5.67. The largest absolute Gasteiger partial charge is 0.385 e. The van der Waals surface area contributed by atoms with Crippen LogP contribution < -0.4 is 21.7 Å². The molecule has 3 amide bonds. The molecule has 2 aromatic rings. The number of primary amides is 1. The molecule has 2 aromatic carbocycles. The van der Waals surface area contributed by atoms with E-state index in [0.29, 0.717) is 24.3 Å². The molecule has 6 heteroatoms. The summed E-state index contributed by atoms with van der Waals surface area (Å²) >= 11 is 0. The number of nitrogens with two attached hydrogens (primary N) is 1. The second-order valence-electron chi connectivity index (χ2n) is 5.67. The van der Waals surface area contributed by atoms with Crippen molar-refractivity contribution in [2.45, 2.75) is 20.3 Å². The maximum Gasteiger partial charge on any atom is 0.316 e. The van der Waals surface area contributed by atoms with Crippen molar-refractivity contribution >= 4 is 29.0 Å². The number of rotatable bonds is 6. The number of nitrogens with one attached hydrogen (secondary N) is 3. The lowest BCUT2D eigenvalue weighted by Gasteiger charge is -2.09. The number of anilines is 3. The predicted octanol–water partition coefficient (Wildman–Crippen LogP) is 3.23. The fourth-order valence-corrected chi connectivity index (χ4v) is 2.40. The fraction of sp³-hybridized carbons (Fsp3) is 0.222. The Morgan fingerprint density at radius 2 is 1.42 bits per heavy atom. The first kappa shape index (κ1) is 17.3. The molecule has 0 saturated heterocycles. The van der Waals surface area contributed by atoms with Crippen LogP contribution >= 0.6 is 0 Å². The van der Waals surface area contributed by atoms with E-state index < -0.39 is 6.03 Å². The zero-order chi connectivity index (χ0) is 17.5. The number of amides is 3. The molecule has 6 nitrogen and oxygen atoms in total. The van der Waals surface area contributed by atoms with E-state index in [0.717, 1.165) is 5.69 Å². The Hall–Kier alpha value is -3.02. The maximum absolute atomic E-state index is 12.0. The standard InChI is InChI=1S/C18H22N4O2/c1-12-9-13(2)11-16(10-12)20-8-7-17(23)21-14-3-5-15(6-4-14)22-18(19)24/h3-6,9-11,20H,7-8H2,1-2H3,(H,21,23)(H3,19,22,24). The van der Waals surface area contributed by atoms with Crippen molar-refractivity contribution in [3.8, 4) is 0 Å². The number of urea groups is 1. The number of carbonyl (C=O) groups excluding carboxylic acids is 2. The predicted molar refractivity (Wildman–Crippen MR) is 97.3 cm³/mol. The van der Waals surface area contributed by atoms with Gasteiger partial charge in [-0.2, -0.15) is 0 Å². The van der Waals surface area contributed by atoms with Crippen molar-refractivity contribution in [3.63, 3.8) is 0 Å².